The molecule has 0 radical (unpaired) electrons. The summed E-state index contributed by atoms with van der Waals surface area (Å²) in [6, 6.07) is 9.98. The number of nitrogens with one attached hydrogen (secondary N) is 1. The summed E-state index contributed by atoms with van der Waals surface area (Å²) in [4.78, 5) is 13.5. The van der Waals surface area contributed by atoms with Crippen molar-refractivity contribution in [3.8, 4) is 0 Å². The second-order valence-electron chi connectivity index (χ2n) is 7.44. The molecule has 1 aliphatic rings. The van der Waals surface area contributed by atoms with E-state index in [-0.39, 0.29) is 0 Å². The van der Waals surface area contributed by atoms with Gasteiger partial charge < -0.3 is 25.4 Å². The van der Waals surface area contributed by atoms with Crippen LogP contribution in [0.5, 0.6) is 0 Å². The van der Waals surface area contributed by atoms with Gasteiger partial charge in [0.05, 0.1) is 6.61 Å². The maximum atomic E-state index is 10.6. The average molecular weight is 446 g/mol. The summed E-state index contributed by atoms with van der Waals surface area (Å²) in [5.41, 5.74) is 2.20. The Morgan fingerprint density at radius 2 is 1.97 bits per heavy atom. The van der Waals surface area contributed by atoms with Crippen molar-refractivity contribution in [2.75, 3.05) is 18.5 Å². The molecule has 0 amide bonds. The highest BCUT2D eigenvalue weighted by Crippen LogP contribution is 2.37. The third kappa shape index (κ3) is 4.53. The van der Waals surface area contributed by atoms with Gasteiger partial charge in [-0.15, -0.1) is 0 Å². The number of unbranched alkanes of at least 4 members (excludes halogenated alkanes) is 1. The monoisotopic (exact) mass is 445 g/mol. The van der Waals surface area contributed by atoms with Crippen molar-refractivity contribution in [3.05, 3.63) is 42.2 Å². The fourth-order valence-corrected chi connectivity index (χ4v) is 4.52. The van der Waals surface area contributed by atoms with E-state index in [1.54, 1.807) is 4.57 Å². The van der Waals surface area contributed by atoms with E-state index in [4.69, 9.17) is 9.72 Å². The van der Waals surface area contributed by atoms with Gasteiger partial charge in [-0.2, -0.15) is 0 Å². The van der Waals surface area contributed by atoms with Gasteiger partial charge in [0, 0.05) is 12.3 Å². The third-order valence-corrected chi connectivity index (χ3v) is 6.27. The lowest BCUT2D eigenvalue weighted by Gasteiger charge is -2.19. The molecular formula is C21H27N5O4S. The summed E-state index contributed by atoms with van der Waals surface area (Å²) in [6.45, 7) is 2.48. The number of hydrogen-bond acceptors (Lipinski definition) is 9. The molecule has 9 nitrogen and oxygen atoms in total. The first-order chi connectivity index (χ1) is 15.1. The summed E-state index contributed by atoms with van der Waals surface area (Å²) < 4.78 is 7.49. The van der Waals surface area contributed by atoms with Gasteiger partial charge in [-0.3, -0.25) is 4.57 Å². The van der Waals surface area contributed by atoms with Crippen molar-refractivity contribution in [2.24, 2.45) is 0 Å². The number of rotatable bonds is 9. The van der Waals surface area contributed by atoms with Crippen molar-refractivity contribution >= 4 is 28.7 Å². The van der Waals surface area contributed by atoms with E-state index in [9.17, 15) is 15.3 Å². The predicted molar refractivity (Wildman–Crippen MR) is 118 cm³/mol. The van der Waals surface area contributed by atoms with Crippen molar-refractivity contribution in [1.82, 2.24) is 19.5 Å². The van der Waals surface area contributed by atoms with Crippen molar-refractivity contribution < 1.29 is 20.1 Å². The molecule has 2 aromatic heterocycles. The highest BCUT2D eigenvalue weighted by Gasteiger charge is 2.45. The van der Waals surface area contributed by atoms with Gasteiger partial charge >= 0.3 is 0 Å². The molecule has 4 rings (SSSR count). The van der Waals surface area contributed by atoms with Crippen molar-refractivity contribution in [1.29, 1.82) is 0 Å². The molecule has 1 aliphatic heterocycles. The minimum atomic E-state index is -1.22. The standard InChI is InChI=1S/C21H27N5O4S/c1-2-3-9-22-18-15-19(24-12-23-18)26(20-17(29)16(28)14(10-27)30-20)21(25-15)31-11-13-7-5-4-6-8-13/h4-8,12,14,16-17,20,27-29H,2-3,9-11H2,1H3,(H,22,23,24)/t14-,16-,17-,20-/m1/s1. The minimum Gasteiger partial charge on any atom is -0.394 e. The van der Waals surface area contributed by atoms with Crippen LogP contribution >= 0.6 is 11.8 Å². The molecule has 1 aromatic carbocycles. The van der Waals surface area contributed by atoms with Crippen molar-refractivity contribution in [3.63, 3.8) is 0 Å². The molecule has 0 saturated carbocycles. The molecular weight excluding hydrogens is 418 g/mol. The maximum Gasteiger partial charge on any atom is 0.172 e. The van der Waals surface area contributed by atoms with Crippen LogP contribution in [-0.4, -0.2) is 66.3 Å². The van der Waals surface area contributed by atoms with Gasteiger partial charge in [0.2, 0.25) is 0 Å². The number of ether oxygens (including phenoxy) is 1. The zero-order valence-corrected chi connectivity index (χ0v) is 18.1. The quantitative estimate of drug-likeness (QED) is 0.289. The van der Waals surface area contributed by atoms with Crippen LogP contribution in [0, 0.1) is 0 Å². The van der Waals surface area contributed by atoms with E-state index >= 15 is 0 Å². The molecule has 0 spiro atoms. The first-order valence-corrected chi connectivity index (χ1v) is 11.4. The Bertz CT molecular complexity index is 1000. The molecule has 10 heteroatoms. The Labute approximate surface area is 184 Å². The Morgan fingerprint density at radius 3 is 2.68 bits per heavy atom. The van der Waals surface area contributed by atoms with E-state index in [2.05, 4.69) is 22.2 Å². The number of aliphatic hydroxyl groups is 3. The summed E-state index contributed by atoms with van der Waals surface area (Å²) in [6.07, 6.45) is -0.739. The third-order valence-electron chi connectivity index (χ3n) is 5.25. The van der Waals surface area contributed by atoms with Gasteiger partial charge in [0.25, 0.3) is 0 Å². The lowest BCUT2D eigenvalue weighted by molar-refractivity contribution is -0.0548. The van der Waals surface area contributed by atoms with Gasteiger partial charge in [-0.1, -0.05) is 55.4 Å². The largest absolute Gasteiger partial charge is 0.394 e. The molecule has 1 fully saturated rings. The van der Waals surface area contributed by atoms with Crippen LogP contribution in [0.15, 0.2) is 41.8 Å². The van der Waals surface area contributed by atoms with Gasteiger partial charge in [0.15, 0.2) is 28.4 Å². The van der Waals surface area contributed by atoms with E-state index in [1.807, 2.05) is 30.3 Å². The van der Waals surface area contributed by atoms with Crippen LogP contribution in [0.2, 0.25) is 0 Å². The fourth-order valence-electron chi connectivity index (χ4n) is 3.55. The second-order valence-corrected chi connectivity index (χ2v) is 8.38. The number of thioether (sulfide) groups is 1. The Balaban J connectivity index is 1.73. The number of aromatic nitrogens is 4. The van der Waals surface area contributed by atoms with E-state index in [0.717, 1.165) is 24.9 Å². The lowest BCUT2D eigenvalue weighted by atomic mass is 10.1. The fraction of sp³-hybridized carbons (Fsp3) is 0.476. The number of hydrogen-bond donors (Lipinski definition) is 4. The van der Waals surface area contributed by atoms with E-state index in [1.165, 1.54) is 18.1 Å². The molecule has 31 heavy (non-hydrogen) atoms. The summed E-state index contributed by atoms with van der Waals surface area (Å²) in [5, 5.41) is 34.3. The summed E-state index contributed by atoms with van der Waals surface area (Å²) >= 11 is 1.48. The Hall–Kier alpha value is -2.24. The smallest absolute Gasteiger partial charge is 0.172 e. The Kier molecular flexibility index (Phi) is 7.03. The van der Waals surface area contributed by atoms with Gasteiger partial charge in [-0.25, -0.2) is 15.0 Å². The summed E-state index contributed by atoms with van der Waals surface area (Å²) in [7, 11) is 0. The second kappa shape index (κ2) is 9.92. The van der Waals surface area contributed by atoms with Crippen LogP contribution < -0.4 is 5.32 Å². The van der Waals surface area contributed by atoms with Gasteiger partial charge in [0.1, 0.15) is 24.6 Å². The van der Waals surface area contributed by atoms with Gasteiger partial charge in [-0.05, 0) is 12.0 Å². The molecule has 4 atom stereocenters. The molecule has 4 N–H and O–H groups in total. The zero-order chi connectivity index (χ0) is 21.8. The summed E-state index contributed by atoms with van der Waals surface area (Å²) in [5.74, 6) is 1.27. The molecule has 166 valence electrons. The number of imidazole rings is 1. The predicted octanol–water partition coefficient (Wildman–Crippen LogP) is 1.94. The molecule has 1 saturated heterocycles. The highest BCUT2D eigenvalue weighted by atomic mass is 32.2. The number of fused-ring (bicyclic) bond motifs is 1. The lowest BCUT2D eigenvalue weighted by Crippen LogP contribution is -2.33. The van der Waals surface area contributed by atoms with E-state index in [0.29, 0.717) is 27.9 Å². The van der Waals surface area contributed by atoms with E-state index < -0.39 is 31.1 Å². The zero-order valence-electron chi connectivity index (χ0n) is 17.3. The van der Waals surface area contributed by atoms with Crippen LogP contribution in [-0.2, 0) is 10.5 Å². The van der Waals surface area contributed by atoms with Crippen LogP contribution in [0.3, 0.4) is 0 Å². The Morgan fingerprint density at radius 1 is 1.16 bits per heavy atom. The number of aliphatic hydroxyl groups excluding tert-OH is 3. The first-order valence-electron chi connectivity index (χ1n) is 10.4. The SMILES string of the molecule is CCCCNc1ncnc2c1nc(SCc1ccccc1)n2[C@@H]1O[C@H](CO)[C@@H](O)[C@H]1O. The normalized spacial score (nSPS) is 23.5. The molecule has 0 unspecified atom stereocenters. The highest BCUT2D eigenvalue weighted by molar-refractivity contribution is 7.98. The number of anilines is 1. The van der Waals surface area contributed by atoms with Crippen LogP contribution in [0.25, 0.3) is 11.2 Å². The number of benzene rings is 1. The molecule has 3 heterocycles. The number of nitrogens with zero attached hydrogens (tertiary/aromatic N) is 4. The maximum absolute atomic E-state index is 10.6. The first kappa shape index (κ1) is 22.0. The molecule has 0 bridgehead atoms. The van der Waals surface area contributed by atoms with Crippen LogP contribution in [0.4, 0.5) is 5.82 Å². The minimum absolute atomic E-state index is 0.396. The average Bonchev–Trinajstić information content (AvgIpc) is 3.30. The molecule has 3 aromatic rings. The van der Waals surface area contributed by atoms with Crippen molar-refractivity contribution in [2.45, 2.75) is 55.2 Å². The molecule has 0 aliphatic carbocycles. The topological polar surface area (TPSA) is 126 Å². The van der Waals surface area contributed by atoms with Crippen LogP contribution in [0.1, 0.15) is 31.6 Å².